The maximum atomic E-state index is 6.25. The molecule has 0 bridgehead atoms. The molecule has 1 aliphatic rings. The SMILES string of the molecule is CN1CCCC(Nc2ccc3ncccc3c2N)C1. The second-order valence-electron chi connectivity index (χ2n) is 5.34. The predicted octanol–water partition coefficient (Wildman–Crippen LogP) is 2.32. The number of anilines is 2. The number of pyridine rings is 1. The van der Waals surface area contributed by atoms with Crippen molar-refractivity contribution in [2.75, 3.05) is 31.2 Å². The number of nitrogens with one attached hydrogen (secondary N) is 1. The first-order valence-corrected chi connectivity index (χ1v) is 6.82. The zero-order chi connectivity index (χ0) is 13.2. The third kappa shape index (κ3) is 2.49. The van der Waals surface area contributed by atoms with Crippen LogP contribution in [0, 0.1) is 0 Å². The van der Waals surface area contributed by atoms with Gasteiger partial charge in [0.1, 0.15) is 0 Å². The normalized spacial score (nSPS) is 20.6. The van der Waals surface area contributed by atoms with Crippen molar-refractivity contribution in [3.05, 3.63) is 30.5 Å². The molecule has 1 fully saturated rings. The summed E-state index contributed by atoms with van der Waals surface area (Å²) in [5, 5.41) is 4.60. The van der Waals surface area contributed by atoms with Gasteiger partial charge in [-0.3, -0.25) is 4.98 Å². The van der Waals surface area contributed by atoms with E-state index in [4.69, 9.17) is 5.73 Å². The van der Waals surface area contributed by atoms with Crippen LogP contribution in [0.1, 0.15) is 12.8 Å². The average Bonchev–Trinajstić information content (AvgIpc) is 2.42. The van der Waals surface area contributed by atoms with E-state index in [1.54, 1.807) is 6.20 Å². The summed E-state index contributed by atoms with van der Waals surface area (Å²) in [6.45, 7) is 2.26. The van der Waals surface area contributed by atoms with Crippen LogP contribution in [-0.4, -0.2) is 36.1 Å². The van der Waals surface area contributed by atoms with Gasteiger partial charge in [0.05, 0.1) is 16.9 Å². The highest BCUT2D eigenvalue weighted by Crippen LogP contribution is 2.28. The largest absolute Gasteiger partial charge is 0.397 e. The lowest BCUT2D eigenvalue weighted by molar-refractivity contribution is 0.261. The Hall–Kier alpha value is -1.81. The fourth-order valence-electron chi connectivity index (χ4n) is 2.81. The Morgan fingerprint density at radius 1 is 1.37 bits per heavy atom. The third-order valence-corrected chi connectivity index (χ3v) is 3.81. The Morgan fingerprint density at radius 3 is 3.11 bits per heavy atom. The number of benzene rings is 1. The van der Waals surface area contributed by atoms with Gasteiger partial charge in [-0.05, 0) is 50.7 Å². The van der Waals surface area contributed by atoms with Gasteiger partial charge in [-0.25, -0.2) is 0 Å². The fourth-order valence-corrected chi connectivity index (χ4v) is 2.81. The van der Waals surface area contributed by atoms with Crippen LogP contribution in [0.15, 0.2) is 30.5 Å². The standard InChI is InChI=1S/C15H20N4/c1-19-9-3-4-11(10-19)18-14-7-6-13-12(15(14)16)5-2-8-17-13/h2,5-8,11,18H,3-4,9-10,16H2,1H3. The maximum Gasteiger partial charge on any atom is 0.0724 e. The molecule has 0 radical (unpaired) electrons. The van der Waals surface area contributed by atoms with E-state index < -0.39 is 0 Å². The number of nitrogen functional groups attached to an aromatic ring is 1. The molecule has 3 rings (SSSR count). The number of nitrogens with two attached hydrogens (primary N) is 1. The van der Waals surface area contributed by atoms with E-state index in [2.05, 4.69) is 22.2 Å². The van der Waals surface area contributed by atoms with Gasteiger partial charge in [0.25, 0.3) is 0 Å². The highest BCUT2D eigenvalue weighted by molar-refractivity contribution is 5.96. The quantitative estimate of drug-likeness (QED) is 0.810. The molecule has 2 heterocycles. The minimum atomic E-state index is 0.482. The lowest BCUT2D eigenvalue weighted by atomic mass is 10.1. The molecule has 0 amide bonds. The summed E-state index contributed by atoms with van der Waals surface area (Å²) in [7, 11) is 2.17. The molecule has 3 N–H and O–H groups in total. The maximum absolute atomic E-state index is 6.25. The molecular weight excluding hydrogens is 236 g/mol. The lowest BCUT2D eigenvalue weighted by Gasteiger charge is -2.31. The summed E-state index contributed by atoms with van der Waals surface area (Å²) in [4.78, 5) is 6.69. The zero-order valence-electron chi connectivity index (χ0n) is 11.3. The van der Waals surface area contributed by atoms with Gasteiger partial charge in [-0.15, -0.1) is 0 Å². The van der Waals surface area contributed by atoms with E-state index in [-0.39, 0.29) is 0 Å². The minimum Gasteiger partial charge on any atom is -0.397 e. The molecule has 100 valence electrons. The molecule has 1 unspecified atom stereocenters. The predicted molar refractivity (Wildman–Crippen MR) is 80.3 cm³/mol. The summed E-state index contributed by atoms with van der Waals surface area (Å²) in [5.41, 5.74) is 9.04. The topological polar surface area (TPSA) is 54.2 Å². The van der Waals surface area contributed by atoms with Crippen LogP contribution in [0.3, 0.4) is 0 Å². The molecule has 4 heteroatoms. The van der Waals surface area contributed by atoms with Crippen molar-refractivity contribution < 1.29 is 0 Å². The number of fused-ring (bicyclic) bond motifs is 1. The van der Waals surface area contributed by atoms with Crippen molar-refractivity contribution in [2.24, 2.45) is 0 Å². The first-order chi connectivity index (χ1) is 9.24. The van der Waals surface area contributed by atoms with Gasteiger partial charge < -0.3 is 16.0 Å². The summed E-state index contributed by atoms with van der Waals surface area (Å²) in [6.07, 6.45) is 4.24. The molecule has 1 atom stereocenters. The summed E-state index contributed by atoms with van der Waals surface area (Å²) in [5.74, 6) is 0. The lowest BCUT2D eigenvalue weighted by Crippen LogP contribution is -2.39. The summed E-state index contributed by atoms with van der Waals surface area (Å²) in [6, 6.07) is 8.50. The number of hydrogen-bond donors (Lipinski definition) is 2. The Morgan fingerprint density at radius 2 is 2.26 bits per heavy atom. The Bertz CT molecular complexity index is 581. The molecule has 4 nitrogen and oxygen atoms in total. The van der Waals surface area contributed by atoms with Crippen molar-refractivity contribution >= 4 is 22.3 Å². The summed E-state index contributed by atoms with van der Waals surface area (Å²) >= 11 is 0. The third-order valence-electron chi connectivity index (χ3n) is 3.81. The first-order valence-electron chi connectivity index (χ1n) is 6.82. The van der Waals surface area contributed by atoms with Gasteiger partial charge in [-0.1, -0.05) is 0 Å². The average molecular weight is 256 g/mol. The van der Waals surface area contributed by atoms with E-state index in [1.807, 2.05) is 24.3 Å². The van der Waals surface area contributed by atoms with Crippen molar-refractivity contribution in [1.29, 1.82) is 0 Å². The van der Waals surface area contributed by atoms with Crippen LogP contribution in [0.2, 0.25) is 0 Å². The van der Waals surface area contributed by atoms with Crippen LogP contribution in [0.25, 0.3) is 10.9 Å². The molecule has 2 aromatic rings. The first kappa shape index (κ1) is 12.2. The number of rotatable bonds is 2. The van der Waals surface area contributed by atoms with Crippen molar-refractivity contribution in [3.63, 3.8) is 0 Å². The van der Waals surface area contributed by atoms with Crippen molar-refractivity contribution in [1.82, 2.24) is 9.88 Å². The van der Waals surface area contributed by atoms with E-state index in [0.717, 1.165) is 28.8 Å². The number of hydrogen-bond acceptors (Lipinski definition) is 4. The van der Waals surface area contributed by atoms with Gasteiger partial charge in [0, 0.05) is 24.2 Å². The second kappa shape index (κ2) is 5.05. The number of likely N-dealkylation sites (N-methyl/N-ethyl adjacent to an activating group) is 1. The number of aromatic nitrogens is 1. The van der Waals surface area contributed by atoms with Gasteiger partial charge in [0.15, 0.2) is 0 Å². The van der Waals surface area contributed by atoms with Crippen LogP contribution in [0.4, 0.5) is 11.4 Å². The zero-order valence-corrected chi connectivity index (χ0v) is 11.3. The molecule has 19 heavy (non-hydrogen) atoms. The smallest absolute Gasteiger partial charge is 0.0724 e. The van der Waals surface area contributed by atoms with E-state index in [0.29, 0.717) is 6.04 Å². The molecule has 1 saturated heterocycles. The molecule has 0 spiro atoms. The second-order valence-corrected chi connectivity index (χ2v) is 5.34. The number of nitrogens with zero attached hydrogens (tertiary/aromatic N) is 2. The van der Waals surface area contributed by atoms with Crippen LogP contribution >= 0.6 is 0 Å². The highest BCUT2D eigenvalue weighted by Gasteiger charge is 2.17. The van der Waals surface area contributed by atoms with Crippen molar-refractivity contribution in [3.8, 4) is 0 Å². The van der Waals surface area contributed by atoms with Crippen molar-refractivity contribution in [2.45, 2.75) is 18.9 Å². The number of likely N-dealkylation sites (tertiary alicyclic amines) is 1. The molecule has 0 saturated carbocycles. The highest BCUT2D eigenvalue weighted by atomic mass is 15.1. The monoisotopic (exact) mass is 256 g/mol. The molecule has 1 aromatic carbocycles. The Balaban J connectivity index is 1.86. The van der Waals surface area contributed by atoms with Gasteiger partial charge in [-0.2, -0.15) is 0 Å². The molecular formula is C15H20N4. The number of piperidine rings is 1. The van der Waals surface area contributed by atoms with Crippen LogP contribution in [-0.2, 0) is 0 Å². The fraction of sp³-hybridized carbons (Fsp3) is 0.400. The van der Waals surface area contributed by atoms with E-state index in [9.17, 15) is 0 Å². The minimum absolute atomic E-state index is 0.482. The van der Waals surface area contributed by atoms with E-state index >= 15 is 0 Å². The van der Waals surface area contributed by atoms with Crippen LogP contribution in [0.5, 0.6) is 0 Å². The van der Waals surface area contributed by atoms with Crippen LogP contribution < -0.4 is 11.1 Å². The summed E-state index contributed by atoms with van der Waals surface area (Å²) < 4.78 is 0. The molecule has 1 aromatic heterocycles. The molecule has 1 aliphatic heterocycles. The Kier molecular flexibility index (Phi) is 3.25. The van der Waals surface area contributed by atoms with Gasteiger partial charge in [0.2, 0.25) is 0 Å². The Labute approximate surface area is 113 Å². The molecule has 0 aliphatic carbocycles. The van der Waals surface area contributed by atoms with E-state index in [1.165, 1.54) is 19.4 Å². The van der Waals surface area contributed by atoms with Gasteiger partial charge >= 0.3 is 0 Å².